The smallest absolute Gasteiger partial charge is 0.0486 e. The second-order valence-corrected chi connectivity index (χ2v) is 7.17. The SMILES string of the molecule is Cc1ccc2c(c1)c1c(n2CCc2ccccc2)CCN(C)[C@@H]1C. The van der Waals surface area contributed by atoms with Crippen LogP contribution in [0.25, 0.3) is 10.9 Å². The number of fused-ring (bicyclic) bond motifs is 3. The van der Waals surface area contributed by atoms with Crippen molar-refractivity contribution in [2.75, 3.05) is 13.6 Å². The number of aromatic nitrogens is 1. The van der Waals surface area contributed by atoms with Crippen LogP contribution in [-0.4, -0.2) is 23.1 Å². The number of rotatable bonds is 3. The maximum Gasteiger partial charge on any atom is 0.0486 e. The first kappa shape index (κ1) is 15.5. The Kier molecular flexibility index (Phi) is 3.93. The molecule has 0 saturated heterocycles. The van der Waals surface area contributed by atoms with Crippen LogP contribution in [0.5, 0.6) is 0 Å². The van der Waals surface area contributed by atoms with Gasteiger partial charge in [0.15, 0.2) is 0 Å². The Morgan fingerprint density at radius 2 is 1.88 bits per heavy atom. The Balaban J connectivity index is 1.80. The third kappa shape index (κ3) is 2.55. The van der Waals surface area contributed by atoms with Crippen molar-refractivity contribution in [3.8, 4) is 0 Å². The van der Waals surface area contributed by atoms with E-state index in [0.29, 0.717) is 6.04 Å². The molecule has 2 nitrogen and oxygen atoms in total. The third-order valence-corrected chi connectivity index (χ3v) is 5.62. The van der Waals surface area contributed by atoms with E-state index in [0.717, 1.165) is 25.9 Å². The average molecular weight is 318 g/mol. The number of hydrogen-bond donors (Lipinski definition) is 0. The first-order chi connectivity index (χ1) is 11.6. The van der Waals surface area contributed by atoms with Gasteiger partial charge in [-0.15, -0.1) is 0 Å². The molecule has 0 unspecified atom stereocenters. The number of benzene rings is 2. The Morgan fingerprint density at radius 1 is 1.08 bits per heavy atom. The minimum absolute atomic E-state index is 0.496. The minimum atomic E-state index is 0.496. The number of hydrogen-bond acceptors (Lipinski definition) is 1. The fourth-order valence-corrected chi connectivity index (χ4v) is 4.12. The van der Waals surface area contributed by atoms with Gasteiger partial charge >= 0.3 is 0 Å². The van der Waals surface area contributed by atoms with Gasteiger partial charge in [-0.05, 0) is 50.6 Å². The van der Waals surface area contributed by atoms with Crippen LogP contribution >= 0.6 is 0 Å². The van der Waals surface area contributed by atoms with Gasteiger partial charge in [-0.1, -0.05) is 42.0 Å². The van der Waals surface area contributed by atoms with Crippen molar-refractivity contribution in [1.82, 2.24) is 9.47 Å². The molecule has 0 spiro atoms. The average Bonchev–Trinajstić information content (AvgIpc) is 2.90. The van der Waals surface area contributed by atoms with Crippen molar-refractivity contribution in [3.63, 3.8) is 0 Å². The van der Waals surface area contributed by atoms with Crippen LogP contribution in [-0.2, 0) is 19.4 Å². The molecule has 0 N–H and O–H groups in total. The fraction of sp³-hybridized carbons (Fsp3) is 0.364. The van der Waals surface area contributed by atoms with E-state index in [1.165, 1.54) is 22.0 Å². The highest BCUT2D eigenvalue weighted by atomic mass is 15.1. The molecule has 0 amide bonds. The molecule has 0 saturated carbocycles. The van der Waals surface area contributed by atoms with Crippen LogP contribution in [0.4, 0.5) is 0 Å². The Bertz CT molecular complexity index is 861. The van der Waals surface area contributed by atoms with E-state index in [4.69, 9.17) is 0 Å². The van der Waals surface area contributed by atoms with Crippen LogP contribution < -0.4 is 0 Å². The summed E-state index contributed by atoms with van der Waals surface area (Å²) >= 11 is 0. The van der Waals surface area contributed by atoms with Crippen LogP contribution in [0.1, 0.15) is 35.3 Å². The van der Waals surface area contributed by atoms with Crippen molar-refractivity contribution in [1.29, 1.82) is 0 Å². The van der Waals surface area contributed by atoms with Gasteiger partial charge in [-0.2, -0.15) is 0 Å². The molecule has 124 valence electrons. The van der Waals surface area contributed by atoms with Gasteiger partial charge in [0, 0.05) is 42.1 Å². The highest BCUT2D eigenvalue weighted by Crippen LogP contribution is 2.37. The summed E-state index contributed by atoms with van der Waals surface area (Å²) in [6.45, 7) is 6.76. The van der Waals surface area contributed by atoms with Gasteiger partial charge in [0.25, 0.3) is 0 Å². The molecule has 1 atom stereocenters. The summed E-state index contributed by atoms with van der Waals surface area (Å²) in [5.74, 6) is 0. The predicted octanol–water partition coefficient (Wildman–Crippen LogP) is 4.74. The van der Waals surface area contributed by atoms with Crippen molar-refractivity contribution >= 4 is 10.9 Å². The lowest BCUT2D eigenvalue weighted by Crippen LogP contribution is -2.31. The molecule has 2 heterocycles. The molecule has 3 aromatic rings. The molecule has 4 rings (SSSR count). The standard InChI is InChI=1S/C22H26N2/c1-16-9-10-20-19(15-16)22-17(2)23(3)13-12-21(22)24(20)14-11-18-7-5-4-6-8-18/h4-10,15,17H,11-14H2,1-3H3/t17-/m1/s1. The molecule has 1 aliphatic heterocycles. The first-order valence-electron chi connectivity index (χ1n) is 9.01. The van der Waals surface area contributed by atoms with E-state index >= 15 is 0 Å². The summed E-state index contributed by atoms with van der Waals surface area (Å²) in [5, 5.41) is 1.46. The number of likely N-dealkylation sites (N-methyl/N-ethyl adjacent to an activating group) is 1. The summed E-state index contributed by atoms with van der Waals surface area (Å²) in [5.41, 5.74) is 7.28. The van der Waals surface area contributed by atoms with Gasteiger partial charge in [0.1, 0.15) is 0 Å². The zero-order valence-corrected chi connectivity index (χ0v) is 14.9. The third-order valence-electron chi connectivity index (χ3n) is 5.62. The Hall–Kier alpha value is -2.06. The number of nitrogens with zero attached hydrogens (tertiary/aromatic N) is 2. The number of aryl methyl sites for hydroxylation is 3. The summed E-state index contributed by atoms with van der Waals surface area (Å²) in [4.78, 5) is 2.48. The van der Waals surface area contributed by atoms with Crippen molar-refractivity contribution in [3.05, 3.63) is 70.9 Å². The van der Waals surface area contributed by atoms with Crippen molar-refractivity contribution in [2.24, 2.45) is 0 Å². The lowest BCUT2D eigenvalue weighted by molar-refractivity contribution is 0.245. The van der Waals surface area contributed by atoms with Gasteiger partial charge in [0.05, 0.1) is 0 Å². The van der Waals surface area contributed by atoms with E-state index in [1.807, 2.05) is 0 Å². The molecule has 2 aromatic carbocycles. The van der Waals surface area contributed by atoms with Crippen LogP contribution in [0.2, 0.25) is 0 Å². The largest absolute Gasteiger partial charge is 0.344 e. The zero-order chi connectivity index (χ0) is 16.7. The molecular formula is C22H26N2. The highest BCUT2D eigenvalue weighted by molar-refractivity contribution is 5.87. The molecule has 24 heavy (non-hydrogen) atoms. The molecular weight excluding hydrogens is 292 g/mol. The molecule has 0 aliphatic carbocycles. The van der Waals surface area contributed by atoms with Gasteiger partial charge < -0.3 is 4.57 Å². The summed E-state index contributed by atoms with van der Waals surface area (Å²) in [6, 6.07) is 18.3. The van der Waals surface area contributed by atoms with Crippen LogP contribution in [0.15, 0.2) is 48.5 Å². The van der Waals surface area contributed by atoms with Crippen LogP contribution in [0.3, 0.4) is 0 Å². The molecule has 1 aromatic heterocycles. The van der Waals surface area contributed by atoms with Gasteiger partial charge in [0.2, 0.25) is 0 Å². The lowest BCUT2D eigenvalue weighted by Gasteiger charge is -2.31. The monoisotopic (exact) mass is 318 g/mol. The highest BCUT2D eigenvalue weighted by Gasteiger charge is 2.27. The molecule has 0 bridgehead atoms. The van der Waals surface area contributed by atoms with E-state index < -0.39 is 0 Å². The maximum atomic E-state index is 2.58. The maximum absolute atomic E-state index is 2.58. The van der Waals surface area contributed by atoms with E-state index in [-0.39, 0.29) is 0 Å². The van der Waals surface area contributed by atoms with Crippen molar-refractivity contribution in [2.45, 2.75) is 39.3 Å². The Morgan fingerprint density at radius 3 is 2.67 bits per heavy atom. The van der Waals surface area contributed by atoms with E-state index in [9.17, 15) is 0 Å². The van der Waals surface area contributed by atoms with E-state index in [1.54, 1.807) is 11.3 Å². The molecule has 2 heteroatoms. The van der Waals surface area contributed by atoms with Crippen molar-refractivity contribution < 1.29 is 0 Å². The topological polar surface area (TPSA) is 8.17 Å². The van der Waals surface area contributed by atoms with Gasteiger partial charge in [-0.25, -0.2) is 0 Å². The summed E-state index contributed by atoms with van der Waals surface area (Å²) in [7, 11) is 2.25. The molecule has 0 radical (unpaired) electrons. The first-order valence-corrected chi connectivity index (χ1v) is 9.01. The summed E-state index contributed by atoms with van der Waals surface area (Å²) < 4.78 is 2.58. The Labute approximate surface area is 144 Å². The van der Waals surface area contributed by atoms with Gasteiger partial charge in [-0.3, -0.25) is 4.90 Å². The quantitative estimate of drug-likeness (QED) is 0.677. The second kappa shape index (κ2) is 6.10. The van der Waals surface area contributed by atoms with Crippen LogP contribution in [0, 0.1) is 6.92 Å². The second-order valence-electron chi connectivity index (χ2n) is 7.17. The molecule has 1 aliphatic rings. The predicted molar refractivity (Wildman–Crippen MR) is 102 cm³/mol. The fourth-order valence-electron chi connectivity index (χ4n) is 4.12. The van der Waals surface area contributed by atoms with E-state index in [2.05, 4.69) is 78.9 Å². The minimum Gasteiger partial charge on any atom is -0.344 e. The lowest BCUT2D eigenvalue weighted by atomic mass is 9.97. The normalized spacial score (nSPS) is 18.0. The summed E-state index contributed by atoms with van der Waals surface area (Å²) in [6.07, 6.45) is 2.24. The zero-order valence-electron chi connectivity index (χ0n) is 14.9. The molecule has 0 fully saturated rings.